The zero-order valence-corrected chi connectivity index (χ0v) is 11.0. The van der Waals surface area contributed by atoms with Gasteiger partial charge >= 0.3 is 5.97 Å². The average Bonchev–Trinajstić information content (AvgIpc) is 2.42. The molecule has 0 aliphatic carbocycles. The standard InChI is InChI=1S/C15H16N2O2/c1-3-17(13-7-5-4-6-11(13)2)14-10-12(15(18)19)8-9-16-14/h4-10H,3H2,1-2H3,(H,18,19). The van der Waals surface area contributed by atoms with Crippen LogP contribution in [-0.2, 0) is 0 Å². The molecule has 1 heterocycles. The average molecular weight is 256 g/mol. The fourth-order valence-corrected chi connectivity index (χ4v) is 2.02. The zero-order chi connectivity index (χ0) is 13.8. The molecule has 1 aromatic carbocycles. The van der Waals surface area contributed by atoms with Gasteiger partial charge < -0.3 is 10.0 Å². The predicted molar refractivity (Wildman–Crippen MR) is 75.1 cm³/mol. The maximum Gasteiger partial charge on any atom is 0.335 e. The number of nitrogens with zero attached hydrogens (tertiary/aromatic N) is 2. The number of carboxylic acid groups (broad SMARTS) is 1. The van der Waals surface area contributed by atoms with Gasteiger partial charge in [-0.25, -0.2) is 9.78 Å². The van der Waals surface area contributed by atoms with E-state index in [0.29, 0.717) is 5.82 Å². The van der Waals surface area contributed by atoms with E-state index < -0.39 is 5.97 Å². The molecule has 4 heteroatoms. The predicted octanol–water partition coefficient (Wildman–Crippen LogP) is 3.25. The molecule has 0 spiro atoms. The number of carboxylic acids is 1. The number of anilines is 2. The van der Waals surface area contributed by atoms with Gasteiger partial charge in [-0.2, -0.15) is 0 Å². The van der Waals surface area contributed by atoms with E-state index in [9.17, 15) is 4.79 Å². The molecule has 0 saturated heterocycles. The number of para-hydroxylation sites is 1. The molecule has 0 bridgehead atoms. The van der Waals surface area contributed by atoms with E-state index in [-0.39, 0.29) is 5.56 Å². The first kappa shape index (κ1) is 13.1. The molecule has 19 heavy (non-hydrogen) atoms. The van der Waals surface area contributed by atoms with Gasteiger partial charge in [0, 0.05) is 18.4 Å². The first-order chi connectivity index (χ1) is 9.13. The van der Waals surface area contributed by atoms with Gasteiger partial charge in [-0.05, 0) is 37.6 Å². The summed E-state index contributed by atoms with van der Waals surface area (Å²) >= 11 is 0. The molecule has 0 radical (unpaired) electrons. The third-order valence-electron chi connectivity index (χ3n) is 2.99. The Morgan fingerprint density at radius 1 is 1.32 bits per heavy atom. The van der Waals surface area contributed by atoms with Crippen molar-refractivity contribution < 1.29 is 9.90 Å². The first-order valence-corrected chi connectivity index (χ1v) is 6.16. The lowest BCUT2D eigenvalue weighted by Gasteiger charge is -2.24. The van der Waals surface area contributed by atoms with Gasteiger partial charge in [0.2, 0.25) is 0 Å². The van der Waals surface area contributed by atoms with Crippen LogP contribution in [0.4, 0.5) is 11.5 Å². The molecule has 0 unspecified atom stereocenters. The van der Waals surface area contributed by atoms with E-state index in [4.69, 9.17) is 5.11 Å². The minimum Gasteiger partial charge on any atom is -0.478 e. The number of pyridine rings is 1. The number of benzene rings is 1. The molecule has 1 N–H and O–H groups in total. The number of hydrogen-bond donors (Lipinski definition) is 1. The Bertz CT molecular complexity index is 596. The molecule has 0 aliphatic rings. The Morgan fingerprint density at radius 3 is 2.68 bits per heavy atom. The van der Waals surface area contributed by atoms with Crippen molar-refractivity contribution in [2.24, 2.45) is 0 Å². The fraction of sp³-hybridized carbons (Fsp3) is 0.200. The molecular formula is C15H16N2O2. The smallest absolute Gasteiger partial charge is 0.335 e. The van der Waals surface area contributed by atoms with Crippen LogP contribution in [0.15, 0.2) is 42.6 Å². The van der Waals surface area contributed by atoms with Crippen molar-refractivity contribution in [3.8, 4) is 0 Å². The van der Waals surface area contributed by atoms with Crippen molar-refractivity contribution in [3.05, 3.63) is 53.7 Å². The number of aromatic carboxylic acids is 1. The fourth-order valence-electron chi connectivity index (χ4n) is 2.02. The highest BCUT2D eigenvalue weighted by atomic mass is 16.4. The van der Waals surface area contributed by atoms with Crippen LogP contribution in [0.3, 0.4) is 0 Å². The minimum absolute atomic E-state index is 0.247. The molecule has 0 atom stereocenters. The third kappa shape index (κ3) is 2.73. The van der Waals surface area contributed by atoms with Gasteiger partial charge in [0.1, 0.15) is 5.82 Å². The molecule has 2 rings (SSSR count). The summed E-state index contributed by atoms with van der Waals surface area (Å²) in [7, 11) is 0. The van der Waals surface area contributed by atoms with Crippen LogP contribution in [0.25, 0.3) is 0 Å². The Labute approximate surface area is 112 Å². The van der Waals surface area contributed by atoms with Crippen LogP contribution in [0.1, 0.15) is 22.8 Å². The second kappa shape index (κ2) is 5.52. The van der Waals surface area contributed by atoms with E-state index in [1.54, 1.807) is 6.07 Å². The Hall–Kier alpha value is -2.36. The van der Waals surface area contributed by atoms with E-state index >= 15 is 0 Å². The van der Waals surface area contributed by atoms with Crippen molar-refractivity contribution >= 4 is 17.5 Å². The Morgan fingerprint density at radius 2 is 2.05 bits per heavy atom. The lowest BCUT2D eigenvalue weighted by Crippen LogP contribution is -2.18. The highest BCUT2D eigenvalue weighted by Gasteiger charge is 2.12. The minimum atomic E-state index is -0.940. The summed E-state index contributed by atoms with van der Waals surface area (Å²) in [5, 5.41) is 9.04. The number of rotatable bonds is 4. The van der Waals surface area contributed by atoms with Crippen LogP contribution in [0.2, 0.25) is 0 Å². The molecule has 0 aliphatic heterocycles. The number of hydrogen-bond acceptors (Lipinski definition) is 3. The van der Waals surface area contributed by atoms with E-state index in [1.165, 1.54) is 12.3 Å². The molecule has 0 fully saturated rings. The summed E-state index contributed by atoms with van der Waals surface area (Å²) in [6.07, 6.45) is 1.53. The SMILES string of the molecule is CCN(c1cc(C(=O)O)ccn1)c1ccccc1C. The van der Waals surface area contributed by atoms with Crippen LogP contribution in [0, 0.1) is 6.92 Å². The lowest BCUT2D eigenvalue weighted by atomic mass is 10.1. The Kier molecular flexibility index (Phi) is 3.80. The molecule has 0 saturated carbocycles. The Balaban J connectivity index is 2.45. The van der Waals surface area contributed by atoms with Gasteiger partial charge in [-0.1, -0.05) is 18.2 Å². The van der Waals surface area contributed by atoms with E-state index in [2.05, 4.69) is 4.98 Å². The van der Waals surface area contributed by atoms with Gasteiger partial charge in [0.25, 0.3) is 0 Å². The zero-order valence-electron chi connectivity index (χ0n) is 11.0. The number of aromatic nitrogens is 1. The molecule has 1 aromatic heterocycles. The van der Waals surface area contributed by atoms with E-state index in [0.717, 1.165) is 17.8 Å². The van der Waals surface area contributed by atoms with Gasteiger partial charge in [0.15, 0.2) is 0 Å². The summed E-state index contributed by atoms with van der Waals surface area (Å²) in [5.41, 5.74) is 2.42. The molecular weight excluding hydrogens is 240 g/mol. The number of aryl methyl sites for hydroxylation is 1. The van der Waals surface area contributed by atoms with E-state index in [1.807, 2.05) is 43.0 Å². The number of carbonyl (C=O) groups is 1. The monoisotopic (exact) mass is 256 g/mol. The normalized spacial score (nSPS) is 10.2. The second-order valence-corrected chi connectivity index (χ2v) is 4.24. The molecule has 4 nitrogen and oxygen atoms in total. The van der Waals surface area contributed by atoms with Crippen molar-refractivity contribution in [3.63, 3.8) is 0 Å². The summed E-state index contributed by atoms with van der Waals surface area (Å²) in [6.45, 7) is 4.77. The van der Waals surface area contributed by atoms with Gasteiger partial charge in [-0.3, -0.25) is 0 Å². The van der Waals surface area contributed by atoms with Crippen LogP contribution < -0.4 is 4.90 Å². The molecule has 0 amide bonds. The molecule has 98 valence electrons. The highest BCUT2D eigenvalue weighted by Crippen LogP contribution is 2.26. The van der Waals surface area contributed by atoms with Crippen LogP contribution in [-0.4, -0.2) is 22.6 Å². The lowest BCUT2D eigenvalue weighted by molar-refractivity contribution is 0.0697. The maximum atomic E-state index is 11.0. The van der Waals surface area contributed by atoms with Crippen LogP contribution >= 0.6 is 0 Å². The largest absolute Gasteiger partial charge is 0.478 e. The summed E-state index contributed by atoms with van der Waals surface area (Å²) < 4.78 is 0. The molecule has 2 aromatic rings. The second-order valence-electron chi connectivity index (χ2n) is 4.24. The highest BCUT2D eigenvalue weighted by molar-refractivity contribution is 5.88. The van der Waals surface area contributed by atoms with Crippen LogP contribution in [0.5, 0.6) is 0 Å². The van der Waals surface area contributed by atoms with Crippen molar-refractivity contribution in [1.29, 1.82) is 0 Å². The van der Waals surface area contributed by atoms with Gasteiger partial charge in [-0.15, -0.1) is 0 Å². The summed E-state index contributed by atoms with van der Waals surface area (Å²) in [4.78, 5) is 17.3. The maximum absolute atomic E-state index is 11.0. The topological polar surface area (TPSA) is 53.4 Å². The van der Waals surface area contributed by atoms with Crippen molar-refractivity contribution in [1.82, 2.24) is 4.98 Å². The van der Waals surface area contributed by atoms with Crippen molar-refractivity contribution in [2.75, 3.05) is 11.4 Å². The van der Waals surface area contributed by atoms with Crippen molar-refractivity contribution in [2.45, 2.75) is 13.8 Å². The quantitative estimate of drug-likeness (QED) is 0.912. The van der Waals surface area contributed by atoms with Gasteiger partial charge in [0.05, 0.1) is 5.56 Å². The summed E-state index contributed by atoms with van der Waals surface area (Å²) in [6, 6.07) is 11.1. The first-order valence-electron chi connectivity index (χ1n) is 6.16. The third-order valence-corrected chi connectivity index (χ3v) is 2.99. The summed E-state index contributed by atoms with van der Waals surface area (Å²) in [5.74, 6) is -0.291.